The Hall–Kier alpha value is -0.603. The highest BCUT2D eigenvalue weighted by molar-refractivity contribution is 6.63. The van der Waals surface area contributed by atoms with Gasteiger partial charge in [-0.3, -0.25) is 0 Å². The van der Waals surface area contributed by atoms with Crippen LogP contribution in [0.15, 0.2) is 35.6 Å². The Morgan fingerprint density at radius 3 is 3.08 bits per heavy atom. The predicted molar refractivity (Wildman–Crippen MR) is 56.7 cm³/mol. The summed E-state index contributed by atoms with van der Waals surface area (Å²) >= 11 is 0. The Labute approximate surface area is 81.5 Å². The zero-order chi connectivity index (χ0) is 9.26. The molecule has 1 saturated heterocycles. The zero-order valence-electron chi connectivity index (χ0n) is 8.05. The second kappa shape index (κ2) is 3.64. The molecule has 1 nitrogen and oxygen atoms in total. The van der Waals surface area contributed by atoms with Gasteiger partial charge in [0.05, 0.1) is 0 Å². The van der Waals surface area contributed by atoms with Crippen LogP contribution in [0.25, 0.3) is 0 Å². The van der Waals surface area contributed by atoms with Crippen LogP contribution >= 0.6 is 0 Å². The van der Waals surface area contributed by atoms with Gasteiger partial charge in [-0.2, -0.15) is 0 Å². The van der Waals surface area contributed by atoms with Gasteiger partial charge in [-0.25, -0.2) is 0 Å². The molecule has 0 saturated carbocycles. The largest absolute Gasteiger partial charge is 0.411 e. The standard InChI is InChI=1S/C11H15OSi/c1-9-5-3-7-11(9)13-10(2)6-4-8-12-13/h3,5,7,10H,1,4,6,8H2,2H3. The third-order valence-electron chi connectivity index (χ3n) is 2.66. The molecule has 13 heavy (non-hydrogen) atoms. The summed E-state index contributed by atoms with van der Waals surface area (Å²) in [6, 6.07) is 0. The smallest absolute Gasteiger partial charge is 0.250 e. The monoisotopic (exact) mass is 191 g/mol. The van der Waals surface area contributed by atoms with Gasteiger partial charge in [-0.05, 0) is 29.2 Å². The average molecular weight is 191 g/mol. The second-order valence-electron chi connectivity index (χ2n) is 3.72. The topological polar surface area (TPSA) is 9.23 Å². The van der Waals surface area contributed by atoms with E-state index in [1.54, 1.807) is 0 Å². The summed E-state index contributed by atoms with van der Waals surface area (Å²) in [6.45, 7) is 7.29. The van der Waals surface area contributed by atoms with Gasteiger partial charge in [-0.1, -0.05) is 31.7 Å². The van der Waals surface area contributed by atoms with Crippen molar-refractivity contribution in [3.8, 4) is 0 Å². The molecule has 0 aromatic carbocycles. The molecule has 1 aliphatic heterocycles. The molecule has 0 aromatic heterocycles. The minimum atomic E-state index is -0.753. The molecule has 1 aliphatic carbocycles. The molecule has 0 amide bonds. The van der Waals surface area contributed by atoms with E-state index in [0.717, 1.165) is 12.1 Å². The molecular weight excluding hydrogens is 176 g/mol. The van der Waals surface area contributed by atoms with Crippen LogP contribution < -0.4 is 0 Å². The summed E-state index contributed by atoms with van der Waals surface area (Å²) in [5, 5.41) is 1.39. The van der Waals surface area contributed by atoms with Gasteiger partial charge >= 0.3 is 0 Å². The van der Waals surface area contributed by atoms with Crippen molar-refractivity contribution in [3.05, 3.63) is 35.6 Å². The summed E-state index contributed by atoms with van der Waals surface area (Å²) in [5.41, 5.74) is 1.91. The van der Waals surface area contributed by atoms with Gasteiger partial charge in [0.15, 0.2) is 0 Å². The number of hydrogen-bond acceptors (Lipinski definition) is 1. The lowest BCUT2D eigenvalue weighted by Gasteiger charge is -2.28. The lowest BCUT2D eigenvalue weighted by Crippen LogP contribution is -2.31. The molecule has 1 heterocycles. The number of allylic oxidation sites excluding steroid dienone is 5. The Bertz CT molecular complexity index is 278. The van der Waals surface area contributed by atoms with Crippen LogP contribution in [0.4, 0.5) is 0 Å². The summed E-state index contributed by atoms with van der Waals surface area (Å²) < 4.78 is 5.88. The van der Waals surface area contributed by atoms with Crippen LogP contribution in [-0.2, 0) is 4.43 Å². The SMILES string of the molecule is C=C1C=CC=C1[Si]1OCCCC1C. The molecule has 1 atom stereocenters. The van der Waals surface area contributed by atoms with Crippen LogP contribution in [0.2, 0.25) is 5.54 Å². The van der Waals surface area contributed by atoms with E-state index in [9.17, 15) is 0 Å². The average Bonchev–Trinajstić information content (AvgIpc) is 2.52. The van der Waals surface area contributed by atoms with E-state index in [1.165, 1.54) is 23.6 Å². The van der Waals surface area contributed by atoms with Crippen LogP contribution in [-0.4, -0.2) is 15.6 Å². The van der Waals surface area contributed by atoms with E-state index < -0.39 is 9.04 Å². The van der Waals surface area contributed by atoms with Crippen LogP contribution in [0.5, 0.6) is 0 Å². The highest BCUT2D eigenvalue weighted by Gasteiger charge is 2.30. The van der Waals surface area contributed by atoms with Crippen molar-refractivity contribution >= 4 is 9.04 Å². The molecule has 2 rings (SSSR count). The lowest BCUT2D eigenvalue weighted by atomic mass is 10.2. The molecule has 69 valence electrons. The Morgan fingerprint density at radius 2 is 2.46 bits per heavy atom. The first-order valence-electron chi connectivity index (χ1n) is 4.86. The van der Waals surface area contributed by atoms with Gasteiger partial charge in [0, 0.05) is 6.61 Å². The van der Waals surface area contributed by atoms with Gasteiger partial charge in [0.1, 0.15) is 0 Å². The maximum absolute atomic E-state index is 5.88. The first-order chi connectivity index (χ1) is 6.29. The van der Waals surface area contributed by atoms with Gasteiger partial charge in [-0.15, -0.1) is 0 Å². The molecule has 0 bridgehead atoms. The van der Waals surface area contributed by atoms with Crippen molar-refractivity contribution in [2.24, 2.45) is 0 Å². The van der Waals surface area contributed by atoms with E-state index >= 15 is 0 Å². The molecule has 0 spiro atoms. The maximum Gasteiger partial charge on any atom is 0.250 e. The Balaban J connectivity index is 2.11. The Morgan fingerprint density at radius 1 is 1.62 bits per heavy atom. The molecule has 1 unspecified atom stereocenters. The number of hydrogen-bond donors (Lipinski definition) is 0. The summed E-state index contributed by atoms with van der Waals surface area (Å²) in [4.78, 5) is 0. The molecule has 1 radical (unpaired) electrons. The van der Waals surface area contributed by atoms with Crippen molar-refractivity contribution in [2.45, 2.75) is 25.3 Å². The van der Waals surface area contributed by atoms with Crippen molar-refractivity contribution in [2.75, 3.05) is 6.61 Å². The van der Waals surface area contributed by atoms with E-state index in [1.807, 2.05) is 0 Å². The third kappa shape index (κ3) is 1.69. The van der Waals surface area contributed by atoms with Crippen LogP contribution in [0.3, 0.4) is 0 Å². The molecule has 1 fully saturated rings. The molecule has 2 heteroatoms. The summed E-state index contributed by atoms with van der Waals surface area (Å²) in [7, 11) is -0.753. The first-order valence-corrected chi connectivity index (χ1v) is 6.35. The van der Waals surface area contributed by atoms with Gasteiger partial charge in [0.25, 0.3) is 0 Å². The van der Waals surface area contributed by atoms with Gasteiger partial charge < -0.3 is 4.43 Å². The normalized spacial score (nSPS) is 29.5. The summed E-state index contributed by atoms with van der Waals surface area (Å²) in [5.74, 6) is 0. The Kier molecular flexibility index (Phi) is 2.51. The fraction of sp³-hybridized carbons (Fsp3) is 0.455. The van der Waals surface area contributed by atoms with Gasteiger partial charge in [0.2, 0.25) is 9.04 Å². The zero-order valence-corrected chi connectivity index (χ0v) is 9.05. The van der Waals surface area contributed by atoms with Crippen molar-refractivity contribution in [3.63, 3.8) is 0 Å². The second-order valence-corrected chi connectivity index (χ2v) is 6.26. The highest BCUT2D eigenvalue weighted by atomic mass is 28.3. The lowest BCUT2D eigenvalue weighted by molar-refractivity contribution is 0.277. The van der Waals surface area contributed by atoms with Crippen molar-refractivity contribution in [1.29, 1.82) is 0 Å². The minimum Gasteiger partial charge on any atom is -0.411 e. The van der Waals surface area contributed by atoms with E-state index in [0.29, 0.717) is 0 Å². The van der Waals surface area contributed by atoms with Crippen molar-refractivity contribution in [1.82, 2.24) is 0 Å². The van der Waals surface area contributed by atoms with Crippen molar-refractivity contribution < 1.29 is 4.43 Å². The third-order valence-corrected chi connectivity index (χ3v) is 5.38. The van der Waals surface area contributed by atoms with E-state index in [2.05, 4.69) is 31.7 Å². The molecule has 0 N–H and O–H groups in total. The molecular formula is C11H15OSi. The molecule has 2 aliphatic rings. The fourth-order valence-electron chi connectivity index (χ4n) is 1.89. The molecule has 0 aromatic rings. The number of rotatable bonds is 1. The minimum absolute atomic E-state index is 0.738. The van der Waals surface area contributed by atoms with Crippen LogP contribution in [0.1, 0.15) is 19.8 Å². The summed E-state index contributed by atoms with van der Waals surface area (Å²) in [6.07, 6.45) is 8.89. The predicted octanol–water partition coefficient (Wildman–Crippen LogP) is 2.77. The van der Waals surface area contributed by atoms with E-state index in [4.69, 9.17) is 4.43 Å². The first kappa shape index (κ1) is 8.97. The highest BCUT2D eigenvalue weighted by Crippen LogP contribution is 2.32. The maximum atomic E-state index is 5.88. The van der Waals surface area contributed by atoms with E-state index in [-0.39, 0.29) is 0 Å². The quantitative estimate of drug-likeness (QED) is 0.579. The fourth-order valence-corrected chi connectivity index (χ4v) is 4.35. The van der Waals surface area contributed by atoms with Crippen LogP contribution in [0, 0.1) is 0 Å².